The van der Waals surface area contributed by atoms with Gasteiger partial charge in [-0.1, -0.05) is 20.8 Å². The third-order valence-electron chi connectivity index (χ3n) is 3.46. The molecule has 5 nitrogen and oxygen atoms in total. The second-order valence-corrected chi connectivity index (χ2v) is 10.8. The lowest BCUT2D eigenvalue weighted by atomic mass is 10.1. The van der Waals surface area contributed by atoms with E-state index in [2.05, 4.69) is 33.9 Å². The molecule has 104 valence electrons. The van der Waals surface area contributed by atoms with Crippen molar-refractivity contribution in [1.82, 2.24) is 0 Å². The van der Waals surface area contributed by atoms with Gasteiger partial charge in [-0.25, -0.2) is 0 Å². The van der Waals surface area contributed by atoms with Crippen LogP contribution in [0.25, 0.3) is 0 Å². The van der Waals surface area contributed by atoms with E-state index in [0.29, 0.717) is 0 Å². The SMILES string of the molecule is CC(C)(C)[Si](C)(C)OC[C@H](N)[C@H](O)[C@H](O)CO. The number of hydrogen-bond acceptors (Lipinski definition) is 5. The average Bonchev–Trinajstić information content (AvgIpc) is 2.22. The molecule has 0 rings (SSSR count). The molecule has 0 saturated carbocycles. The normalized spacial score (nSPS) is 18.9. The Kier molecular flexibility index (Phi) is 6.27. The highest BCUT2D eigenvalue weighted by Crippen LogP contribution is 2.36. The third kappa shape index (κ3) is 5.03. The molecule has 0 heterocycles. The van der Waals surface area contributed by atoms with Gasteiger partial charge in [0.15, 0.2) is 8.32 Å². The minimum atomic E-state index is -1.89. The summed E-state index contributed by atoms with van der Waals surface area (Å²) >= 11 is 0. The van der Waals surface area contributed by atoms with Crippen LogP contribution < -0.4 is 5.73 Å². The molecule has 5 N–H and O–H groups in total. The van der Waals surface area contributed by atoms with Crippen molar-refractivity contribution in [2.24, 2.45) is 5.73 Å². The lowest BCUT2D eigenvalue weighted by molar-refractivity contribution is -0.0328. The molecule has 0 aliphatic carbocycles. The van der Waals surface area contributed by atoms with E-state index in [9.17, 15) is 10.2 Å². The predicted octanol–water partition coefficient (Wildman–Crippen LogP) is 0.0496. The first-order chi connectivity index (χ1) is 7.53. The molecule has 0 aliphatic rings. The minimum Gasteiger partial charge on any atom is -0.415 e. The maximum absolute atomic E-state index is 9.59. The van der Waals surface area contributed by atoms with Gasteiger partial charge < -0.3 is 25.5 Å². The topological polar surface area (TPSA) is 95.9 Å². The molecular weight excluding hydrogens is 238 g/mol. The van der Waals surface area contributed by atoms with Crippen LogP contribution in [0.15, 0.2) is 0 Å². The monoisotopic (exact) mass is 265 g/mol. The first-order valence-electron chi connectivity index (χ1n) is 5.89. The van der Waals surface area contributed by atoms with Crippen molar-refractivity contribution >= 4 is 8.32 Å². The summed E-state index contributed by atoms with van der Waals surface area (Å²) in [5.41, 5.74) is 5.72. The van der Waals surface area contributed by atoms with Crippen LogP contribution in [-0.2, 0) is 4.43 Å². The zero-order chi connectivity index (χ0) is 13.9. The Balaban J connectivity index is 4.29. The molecule has 0 aromatic heterocycles. The van der Waals surface area contributed by atoms with Crippen LogP contribution in [0.4, 0.5) is 0 Å². The van der Waals surface area contributed by atoms with E-state index in [1.165, 1.54) is 0 Å². The molecule has 0 bridgehead atoms. The van der Waals surface area contributed by atoms with E-state index < -0.39 is 33.2 Å². The zero-order valence-corrected chi connectivity index (χ0v) is 12.5. The Morgan fingerprint density at radius 1 is 1.24 bits per heavy atom. The fraction of sp³-hybridized carbons (Fsp3) is 1.00. The Morgan fingerprint density at radius 2 is 1.71 bits per heavy atom. The summed E-state index contributed by atoms with van der Waals surface area (Å²) in [4.78, 5) is 0. The van der Waals surface area contributed by atoms with E-state index in [1.807, 2.05) is 0 Å². The van der Waals surface area contributed by atoms with Crippen LogP contribution in [0.2, 0.25) is 18.1 Å². The highest BCUT2D eigenvalue weighted by molar-refractivity contribution is 6.74. The Hall–Kier alpha value is 0.0169. The van der Waals surface area contributed by atoms with Crippen molar-refractivity contribution in [3.63, 3.8) is 0 Å². The summed E-state index contributed by atoms with van der Waals surface area (Å²) in [6.07, 6.45) is -2.38. The molecule has 0 radical (unpaired) electrons. The maximum atomic E-state index is 9.59. The molecule has 6 heteroatoms. The number of aliphatic hydroxyl groups excluding tert-OH is 3. The number of aliphatic hydroxyl groups is 3. The fourth-order valence-electron chi connectivity index (χ4n) is 1.01. The highest BCUT2D eigenvalue weighted by Gasteiger charge is 2.38. The first-order valence-corrected chi connectivity index (χ1v) is 8.80. The van der Waals surface area contributed by atoms with Gasteiger partial charge in [0.1, 0.15) is 6.10 Å². The Morgan fingerprint density at radius 3 is 2.06 bits per heavy atom. The minimum absolute atomic E-state index is 0.0767. The number of hydrogen-bond donors (Lipinski definition) is 4. The summed E-state index contributed by atoms with van der Waals surface area (Å²) in [6.45, 7) is 10.2. The van der Waals surface area contributed by atoms with Crippen molar-refractivity contribution in [2.45, 2.75) is 57.2 Å². The predicted molar refractivity (Wildman–Crippen MR) is 70.2 cm³/mol. The second-order valence-electron chi connectivity index (χ2n) is 5.98. The lowest BCUT2D eigenvalue weighted by Crippen LogP contribution is -2.50. The number of rotatable bonds is 6. The van der Waals surface area contributed by atoms with E-state index in [1.54, 1.807) is 0 Å². The van der Waals surface area contributed by atoms with Crippen molar-refractivity contribution in [1.29, 1.82) is 0 Å². The van der Waals surface area contributed by atoms with Crippen LogP contribution in [0.3, 0.4) is 0 Å². The van der Waals surface area contributed by atoms with Crippen molar-refractivity contribution in [3.8, 4) is 0 Å². The maximum Gasteiger partial charge on any atom is 0.192 e. The molecule has 0 saturated heterocycles. The van der Waals surface area contributed by atoms with Gasteiger partial charge in [-0.2, -0.15) is 0 Å². The molecule has 0 unspecified atom stereocenters. The van der Waals surface area contributed by atoms with E-state index in [-0.39, 0.29) is 11.6 Å². The van der Waals surface area contributed by atoms with Gasteiger partial charge >= 0.3 is 0 Å². The molecule has 0 aromatic rings. The fourth-order valence-corrected chi connectivity index (χ4v) is 2.06. The second kappa shape index (κ2) is 6.26. The Bertz CT molecular complexity index is 230. The molecular formula is C11H27NO4Si. The highest BCUT2D eigenvalue weighted by atomic mass is 28.4. The van der Waals surface area contributed by atoms with Gasteiger partial charge in [-0.15, -0.1) is 0 Å². The smallest absolute Gasteiger partial charge is 0.192 e. The Labute approximate surface area is 105 Å². The molecule has 0 aromatic carbocycles. The molecule has 0 fully saturated rings. The zero-order valence-electron chi connectivity index (χ0n) is 11.5. The van der Waals surface area contributed by atoms with Crippen LogP contribution >= 0.6 is 0 Å². The van der Waals surface area contributed by atoms with E-state index in [0.717, 1.165) is 0 Å². The summed E-state index contributed by atoms with van der Waals surface area (Å²) in [7, 11) is -1.89. The average molecular weight is 265 g/mol. The van der Waals surface area contributed by atoms with Crippen molar-refractivity contribution in [2.75, 3.05) is 13.2 Å². The molecule has 0 spiro atoms. The largest absolute Gasteiger partial charge is 0.415 e. The molecule has 0 aliphatic heterocycles. The standard InChI is InChI=1S/C11H27NO4Si/c1-11(2,3)17(4,5)16-7-8(12)10(15)9(14)6-13/h8-10,13-15H,6-7,12H2,1-5H3/t8-,9+,10-/m0/s1. The van der Waals surface area contributed by atoms with Gasteiger partial charge in [-0.3, -0.25) is 0 Å². The van der Waals surface area contributed by atoms with Crippen LogP contribution in [0.5, 0.6) is 0 Å². The summed E-state index contributed by atoms with van der Waals surface area (Å²) in [6, 6.07) is -0.689. The number of nitrogens with two attached hydrogens (primary N) is 1. The summed E-state index contributed by atoms with van der Waals surface area (Å²) < 4.78 is 5.83. The van der Waals surface area contributed by atoms with Crippen molar-refractivity contribution < 1.29 is 19.7 Å². The van der Waals surface area contributed by atoms with Gasteiger partial charge in [0.05, 0.1) is 25.4 Å². The molecule has 17 heavy (non-hydrogen) atoms. The molecule has 0 amide bonds. The van der Waals surface area contributed by atoms with Crippen LogP contribution in [0, 0.1) is 0 Å². The van der Waals surface area contributed by atoms with Gasteiger partial charge in [0, 0.05) is 0 Å². The summed E-state index contributed by atoms with van der Waals surface area (Å²) in [5.74, 6) is 0. The van der Waals surface area contributed by atoms with Gasteiger partial charge in [0.2, 0.25) is 0 Å². The van der Waals surface area contributed by atoms with Gasteiger partial charge in [-0.05, 0) is 18.1 Å². The van der Waals surface area contributed by atoms with E-state index >= 15 is 0 Å². The van der Waals surface area contributed by atoms with E-state index in [4.69, 9.17) is 15.3 Å². The first kappa shape index (κ1) is 17.0. The third-order valence-corrected chi connectivity index (χ3v) is 7.96. The van der Waals surface area contributed by atoms with Gasteiger partial charge in [0.25, 0.3) is 0 Å². The molecule has 3 atom stereocenters. The van der Waals surface area contributed by atoms with Crippen LogP contribution in [0.1, 0.15) is 20.8 Å². The van der Waals surface area contributed by atoms with Crippen molar-refractivity contribution in [3.05, 3.63) is 0 Å². The lowest BCUT2D eigenvalue weighted by Gasteiger charge is -2.37. The van der Waals surface area contributed by atoms with Crippen LogP contribution in [-0.4, -0.2) is 55.1 Å². The quantitative estimate of drug-likeness (QED) is 0.509. The summed E-state index contributed by atoms with van der Waals surface area (Å²) in [5, 5.41) is 27.6.